The average molecular weight is 237 g/mol. The first kappa shape index (κ1) is 10.4. The van der Waals surface area contributed by atoms with Crippen LogP contribution in [0.15, 0.2) is 27.0 Å². The van der Waals surface area contributed by atoms with Crippen molar-refractivity contribution in [2.24, 2.45) is 0 Å². The van der Waals surface area contributed by atoms with Crippen molar-refractivity contribution >= 4 is 28.8 Å². The van der Waals surface area contributed by atoms with Crippen LogP contribution in [-0.4, -0.2) is 9.97 Å². The fourth-order valence-electron chi connectivity index (χ4n) is 1.09. The average Bonchev–Trinajstić information content (AvgIpc) is 2.59. The van der Waals surface area contributed by atoms with Crippen LogP contribution in [0.1, 0.15) is 11.3 Å². The molecule has 2 aromatic rings. The molecule has 0 aliphatic carbocycles. The first-order valence-electron chi connectivity index (χ1n) is 4.48. The number of thiazole rings is 1. The van der Waals surface area contributed by atoms with E-state index in [-0.39, 0.29) is 0 Å². The Morgan fingerprint density at radius 2 is 2.20 bits per heavy atom. The molecule has 0 atom stereocenters. The zero-order valence-electron chi connectivity index (χ0n) is 8.52. The number of aromatic nitrogens is 2. The van der Waals surface area contributed by atoms with Gasteiger partial charge in [0.2, 0.25) is 0 Å². The van der Waals surface area contributed by atoms with Gasteiger partial charge in [-0.1, -0.05) is 0 Å². The van der Waals surface area contributed by atoms with Crippen LogP contribution < -0.4 is 5.73 Å². The van der Waals surface area contributed by atoms with Gasteiger partial charge in [-0.25, -0.2) is 9.97 Å². The Balaban J connectivity index is 2.28. The van der Waals surface area contributed by atoms with Crippen molar-refractivity contribution in [1.82, 2.24) is 9.97 Å². The molecule has 0 saturated heterocycles. The van der Waals surface area contributed by atoms with Crippen LogP contribution in [0.5, 0.6) is 0 Å². The third kappa shape index (κ3) is 2.30. The highest BCUT2D eigenvalue weighted by atomic mass is 32.2. The van der Waals surface area contributed by atoms with Gasteiger partial charge < -0.3 is 5.73 Å². The molecule has 0 aliphatic heterocycles. The van der Waals surface area contributed by atoms with Gasteiger partial charge in [0.05, 0.1) is 5.69 Å². The summed E-state index contributed by atoms with van der Waals surface area (Å²) in [4.78, 5) is 8.61. The standard InChI is InChI=1S/C10H11N3S2/c1-6-3-4-12-9(8(6)11)15-10-13-7(2)5-14-10/h3-5H,11H2,1-2H3. The molecule has 2 aromatic heterocycles. The second-order valence-electron chi connectivity index (χ2n) is 3.20. The Bertz CT molecular complexity index is 479. The third-order valence-electron chi connectivity index (χ3n) is 1.95. The fourth-order valence-corrected chi connectivity index (χ4v) is 2.92. The third-order valence-corrected chi connectivity index (χ3v) is 4.03. The lowest BCUT2D eigenvalue weighted by molar-refractivity contribution is 1.10. The van der Waals surface area contributed by atoms with E-state index in [1.165, 1.54) is 11.8 Å². The summed E-state index contributed by atoms with van der Waals surface area (Å²) in [6, 6.07) is 1.91. The summed E-state index contributed by atoms with van der Waals surface area (Å²) in [7, 11) is 0. The van der Waals surface area contributed by atoms with Gasteiger partial charge in [-0.3, -0.25) is 0 Å². The number of nitrogens with zero attached hydrogens (tertiary/aromatic N) is 2. The van der Waals surface area contributed by atoms with Crippen molar-refractivity contribution in [2.75, 3.05) is 5.73 Å². The lowest BCUT2D eigenvalue weighted by Gasteiger charge is -2.03. The Labute approximate surface area is 96.8 Å². The van der Waals surface area contributed by atoms with E-state index in [4.69, 9.17) is 5.73 Å². The first-order chi connectivity index (χ1) is 7.16. The van der Waals surface area contributed by atoms with Gasteiger partial charge in [0, 0.05) is 17.3 Å². The Morgan fingerprint density at radius 3 is 2.87 bits per heavy atom. The fraction of sp³-hybridized carbons (Fsp3) is 0.200. The van der Waals surface area contributed by atoms with Crippen LogP contribution in [0.4, 0.5) is 5.69 Å². The van der Waals surface area contributed by atoms with Crippen LogP contribution >= 0.6 is 23.1 Å². The van der Waals surface area contributed by atoms with Crippen LogP contribution in [0.2, 0.25) is 0 Å². The molecule has 0 saturated carbocycles. The Kier molecular flexibility index (Phi) is 2.93. The van der Waals surface area contributed by atoms with E-state index in [2.05, 4.69) is 9.97 Å². The highest BCUT2D eigenvalue weighted by Gasteiger charge is 2.07. The number of hydrogen-bond donors (Lipinski definition) is 1. The van der Waals surface area contributed by atoms with E-state index >= 15 is 0 Å². The highest BCUT2D eigenvalue weighted by molar-refractivity contribution is 8.01. The summed E-state index contributed by atoms with van der Waals surface area (Å²) in [5.41, 5.74) is 8.77. The predicted octanol–water partition coefficient (Wildman–Crippen LogP) is 2.89. The zero-order valence-corrected chi connectivity index (χ0v) is 10.2. The van der Waals surface area contributed by atoms with Gasteiger partial charge in [0.25, 0.3) is 0 Å². The minimum Gasteiger partial charge on any atom is -0.396 e. The van der Waals surface area contributed by atoms with E-state index in [1.54, 1.807) is 17.5 Å². The minimum atomic E-state index is 0.746. The molecule has 0 fully saturated rings. The number of nitrogens with two attached hydrogens (primary N) is 1. The molecule has 3 nitrogen and oxygen atoms in total. The second kappa shape index (κ2) is 4.20. The maximum absolute atomic E-state index is 5.93. The highest BCUT2D eigenvalue weighted by Crippen LogP contribution is 2.33. The van der Waals surface area contributed by atoms with E-state index < -0.39 is 0 Å². The number of aryl methyl sites for hydroxylation is 2. The van der Waals surface area contributed by atoms with Crippen LogP contribution in [0.3, 0.4) is 0 Å². The monoisotopic (exact) mass is 237 g/mol. The number of anilines is 1. The summed E-state index contributed by atoms with van der Waals surface area (Å²) in [5, 5.41) is 2.86. The molecule has 0 radical (unpaired) electrons. The van der Waals surface area contributed by atoms with Gasteiger partial charge in [0.1, 0.15) is 5.03 Å². The van der Waals surface area contributed by atoms with Crippen molar-refractivity contribution < 1.29 is 0 Å². The molecule has 0 unspecified atom stereocenters. The van der Waals surface area contributed by atoms with Gasteiger partial charge >= 0.3 is 0 Å². The van der Waals surface area contributed by atoms with Crippen molar-refractivity contribution in [3.63, 3.8) is 0 Å². The first-order valence-corrected chi connectivity index (χ1v) is 6.17. The van der Waals surface area contributed by atoms with Gasteiger partial charge in [-0.15, -0.1) is 11.3 Å². The van der Waals surface area contributed by atoms with E-state index in [0.29, 0.717) is 0 Å². The molecular weight excluding hydrogens is 226 g/mol. The normalized spacial score (nSPS) is 10.5. The number of rotatable bonds is 2. The molecule has 0 bridgehead atoms. The summed E-state index contributed by atoms with van der Waals surface area (Å²) >= 11 is 3.14. The van der Waals surface area contributed by atoms with Gasteiger partial charge in [0.15, 0.2) is 4.34 Å². The number of hydrogen-bond acceptors (Lipinski definition) is 5. The second-order valence-corrected chi connectivity index (χ2v) is 5.30. The molecule has 0 amide bonds. The summed E-state index contributed by atoms with van der Waals surface area (Å²) in [6.07, 6.45) is 1.77. The van der Waals surface area contributed by atoms with Crippen LogP contribution in [-0.2, 0) is 0 Å². The molecule has 15 heavy (non-hydrogen) atoms. The van der Waals surface area contributed by atoms with Crippen molar-refractivity contribution in [2.45, 2.75) is 23.2 Å². The Hall–Kier alpha value is -1.07. The van der Waals surface area contributed by atoms with Crippen LogP contribution in [0.25, 0.3) is 0 Å². The van der Waals surface area contributed by atoms with Crippen LogP contribution in [0, 0.1) is 13.8 Å². The molecule has 0 aliphatic rings. The Morgan fingerprint density at radius 1 is 1.40 bits per heavy atom. The lowest BCUT2D eigenvalue weighted by Crippen LogP contribution is -1.94. The number of nitrogen functional groups attached to an aromatic ring is 1. The summed E-state index contributed by atoms with van der Waals surface area (Å²) in [6.45, 7) is 3.96. The van der Waals surface area contributed by atoms with Crippen molar-refractivity contribution in [1.29, 1.82) is 0 Å². The molecule has 78 valence electrons. The maximum Gasteiger partial charge on any atom is 0.156 e. The van der Waals surface area contributed by atoms with E-state index in [9.17, 15) is 0 Å². The van der Waals surface area contributed by atoms with E-state index in [1.807, 2.05) is 25.3 Å². The topological polar surface area (TPSA) is 51.8 Å². The minimum absolute atomic E-state index is 0.746. The molecule has 2 heterocycles. The summed E-state index contributed by atoms with van der Waals surface area (Å²) < 4.78 is 0.984. The quantitative estimate of drug-likeness (QED) is 0.872. The molecule has 2 N–H and O–H groups in total. The van der Waals surface area contributed by atoms with Gasteiger partial charge in [-0.2, -0.15) is 0 Å². The molecule has 0 spiro atoms. The molecule has 5 heteroatoms. The SMILES string of the molecule is Cc1csc(Sc2nccc(C)c2N)n1. The van der Waals surface area contributed by atoms with E-state index in [0.717, 1.165) is 26.3 Å². The summed E-state index contributed by atoms with van der Waals surface area (Å²) in [5.74, 6) is 0. The lowest BCUT2D eigenvalue weighted by atomic mass is 10.3. The molecule has 0 aromatic carbocycles. The predicted molar refractivity (Wildman–Crippen MR) is 64.4 cm³/mol. The number of pyridine rings is 1. The maximum atomic E-state index is 5.93. The smallest absolute Gasteiger partial charge is 0.156 e. The van der Waals surface area contributed by atoms with Gasteiger partial charge in [-0.05, 0) is 37.2 Å². The molecule has 2 rings (SSSR count). The van der Waals surface area contributed by atoms with Crippen molar-refractivity contribution in [3.05, 3.63) is 28.9 Å². The van der Waals surface area contributed by atoms with Crippen molar-refractivity contribution in [3.8, 4) is 0 Å². The zero-order chi connectivity index (χ0) is 10.8. The largest absolute Gasteiger partial charge is 0.396 e. The molecular formula is C10H11N3S2.